The Hall–Kier alpha value is -3.80. The number of benzene rings is 2. The van der Waals surface area contributed by atoms with Crippen LogP contribution in [-0.4, -0.2) is 91.4 Å². The molecule has 1 atom stereocenters. The Kier molecular flexibility index (Phi) is 8.63. The molecule has 3 amide bonds. The summed E-state index contributed by atoms with van der Waals surface area (Å²) in [4.78, 5) is 43.7. The van der Waals surface area contributed by atoms with Gasteiger partial charge in [0.1, 0.15) is 18.1 Å². The third-order valence-corrected chi connectivity index (χ3v) is 6.89. The van der Waals surface area contributed by atoms with Gasteiger partial charge < -0.3 is 24.6 Å². The van der Waals surface area contributed by atoms with Crippen LogP contribution in [0.3, 0.4) is 0 Å². The van der Waals surface area contributed by atoms with E-state index in [0.717, 1.165) is 23.8 Å². The molecule has 39 heavy (non-hydrogen) atoms. The van der Waals surface area contributed by atoms with Gasteiger partial charge in [0.15, 0.2) is 0 Å². The van der Waals surface area contributed by atoms with Gasteiger partial charge in [0.25, 0.3) is 5.91 Å². The van der Waals surface area contributed by atoms with Gasteiger partial charge in [-0.2, -0.15) is 13.2 Å². The number of hydrogen-bond donors (Lipinski definition) is 1. The molecule has 0 bridgehead atoms. The highest BCUT2D eigenvalue weighted by Crippen LogP contribution is 2.33. The smallest absolute Gasteiger partial charge is 0.416 e. The van der Waals surface area contributed by atoms with E-state index in [4.69, 9.17) is 9.47 Å². The molecule has 2 aliphatic heterocycles. The summed E-state index contributed by atoms with van der Waals surface area (Å²) in [5.74, 6) is -0.438. The molecule has 1 N–H and O–H groups in total. The number of hydrogen-bond acceptors (Lipinski definition) is 6. The topological polar surface area (TPSA) is 91.4 Å². The Morgan fingerprint density at radius 3 is 2.62 bits per heavy atom. The van der Waals surface area contributed by atoms with Crippen molar-refractivity contribution in [2.24, 2.45) is 0 Å². The highest BCUT2D eigenvalue weighted by atomic mass is 19.4. The molecule has 0 radical (unpaired) electrons. The van der Waals surface area contributed by atoms with Gasteiger partial charge in [0.05, 0.1) is 30.8 Å². The molecule has 0 unspecified atom stereocenters. The molecule has 0 spiro atoms. The molecule has 0 aliphatic carbocycles. The van der Waals surface area contributed by atoms with Gasteiger partial charge in [-0.1, -0.05) is 18.2 Å². The van der Waals surface area contributed by atoms with Crippen molar-refractivity contribution in [3.05, 3.63) is 59.2 Å². The molecule has 0 saturated carbocycles. The van der Waals surface area contributed by atoms with Crippen molar-refractivity contribution >= 4 is 17.7 Å². The summed E-state index contributed by atoms with van der Waals surface area (Å²) < 4.78 is 51.5. The summed E-state index contributed by atoms with van der Waals surface area (Å²) in [6.45, 7) is 2.88. The fourth-order valence-electron chi connectivity index (χ4n) is 4.80. The Labute approximate surface area is 224 Å². The van der Waals surface area contributed by atoms with E-state index in [-0.39, 0.29) is 62.5 Å². The minimum absolute atomic E-state index is 0.0235. The number of amides is 3. The Bertz CT molecular complexity index is 1220. The van der Waals surface area contributed by atoms with Gasteiger partial charge in [-0.3, -0.25) is 19.3 Å². The van der Waals surface area contributed by atoms with Crippen LogP contribution in [0.25, 0.3) is 0 Å². The number of ether oxygens (including phenoxy) is 2. The Morgan fingerprint density at radius 1 is 1.13 bits per heavy atom. The van der Waals surface area contributed by atoms with Crippen LogP contribution in [0.15, 0.2) is 42.5 Å². The van der Waals surface area contributed by atoms with Crippen molar-refractivity contribution in [2.75, 3.05) is 53.0 Å². The summed E-state index contributed by atoms with van der Waals surface area (Å²) in [5, 5.41) is 2.66. The number of rotatable bonds is 3. The first kappa shape index (κ1) is 28.2. The SMILES string of the molecule is COc1ccccc1CN1CCNC(=O)c2cc(C(F)(F)F)ccc2OC[C@@H]2CN(C(C)=O)CCN2C(=O)C1. The molecule has 9 nitrogen and oxygen atoms in total. The summed E-state index contributed by atoms with van der Waals surface area (Å²) in [6, 6.07) is 9.55. The molecule has 2 aromatic carbocycles. The quantitative estimate of drug-likeness (QED) is 0.634. The molecule has 1 saturated heterocycles. The van der Waals surface area contributed by atoms with Crippen molar-refractivity contribution in [3.63, 3.8) is 0 Å². The first-order chi connectivity index (χ1) is 18.6. The molecular formula is C27H31F3N4O5. The van der Waals surface area contributed by atoms with Crippen molar-refractivity contribution < 1.29 is 37.0 Å². The van der Waals surface area contributed by atoms with E-state index >= 15 is 0 Å². The lowest BCUT2D eigenvalue weighted by atomic mass is 10.1. The van der Waals surface area contributed by atoms with Crippen LogP contribution in [0.5, 0.6) is 11.5 Å². The van der Waals surface area contributed by atoms with Crippen LogP contribution < -0.4 is 14.8 Å². The minimum Gasteiger partial charge on any atom is -0.496 e. The fraction of sp³-hybridized carbons (Fsp3) is 0.444. The molecule has 12 heteroatoms. The zero-order chi connectivity index (χ0) is 28.2. The summed E-state index contributed by atoms with van der Waals surface area (Å²) >= 11 is 0. The van der Waals surface area contributed by atoms with E-state index in [9.17, 15) is 27.6 Å². The minimum atomic E-state index is -4.64. The monoisotopic (exact) mass is 548 g/mol. The van der Waals surface area contributed by atoms with Crippen molar-refractivity contribution in [2.45, 2.75) is 25.7 Å². The second-order valence-corrected chi connectivity index (χ2v) is 9.50. The Balaban J connectivity index is 1.67. The normalized spacial score (nSPS) is 19.5. The third-order valence-electron chi connectivity index (χ3n) is 6.89. The van der Waals surface area contributed by atoms with Crippen LogP contribution in [0, 0.1) is 0 Å². The number of halogens is 3. The predicted octanol–water partition coefficient (Wildman–Crippen LogP) is 2.40. The van der Waals surface area contributed by atoms with E-state index in [0.29, 0.717) is 18.8 Å². The van der Waals surface area contributed by atoms with Gasteiger partial charge in [-0.05, 0) is 24.3 Å². The number of nitrogens with one attached hydrogen (secondary N) is 1. The third kappa shape index (κ3) is 6.80. The highest BCUT2D eigenvalue weighted by molar-refractivity contribution is 5.97. The molecular weight excluding hydrogens is 517 g/mol. The molecule has 4 rings (SSSR count). The van der Waals surface area contributed by atoms with Gasteiger partial charge in [0.2, 0.25) is 11.8 Å². The van der Waals surface area contributed by atoms with Crippen LogP contribution in [-0.2, 0) is 22.3 Å². The van der Waals surface area contributed by atoms with Crippen LogP contribution >= 0.6 is 0 Å². The second-order valence-electron chi connectivity index (χ2n) is 9.50. The van der Waals surface area contributed by atoms with Gasteiger partial charge in [0, 0.05) is 51.8 Å². The largest absolute Gasteiger partial charge is 0.496 e. The number of fused-ring (bicyclic) bond motifs is 2. The molecule has 0 aromatic heterocycles. The van der Waals surface area contributed by atoms with Crippen molar-refractivity contribution in [1.29, 1.82) is 0 Å². The van der Waals surface area contributed by atoms with Crippen molar-refractivity contribution in [1.82, 2.24) is 20.0 Å². The van der Waals surface area contributed by atoms with E-state index in [2.05, 4.69) is 5.32 Å². The maximum atomic E-state index is 13.5. The van der Waals surface area contributed by atoms with Crippen LogP contribution in [0.2, 0.25) is 0 Å². The van der Waals surface area contributed by atoms with Crippen molar-refractivity contribution in [3.8, 4) is 11.5 Å². The first-order valence-electron chi connectivity index (χ1n) is 12.6. The Morgan fingerprint density at radius 2 is 1.90 bits per heavy atom. The van der Waals surface area contributed by atoms with E-state index in [1.807, 2.05) is 29.2 Å². The maximum Gasteiger partial charge on any atom is 0.416 e. The summed E-state index contributed by atoms with van der Waals surface area (Å²) in [5.41, 5.74) is -0.387. The number of carbonyl (C=O) groups is 3. The lowest BCUT2D eigenvalue weighted by Crippen LogP contribution is -2.59. The van der Waals surface area contributed by atoms with E-state index < -0.39 is 23.7 Å². The van der Waals surface area contributed by atoms with E-state index in [1.54, 1.807) is 16.9 Å². The number of alkyl halides is 3. The molecule has 2 heterocycles. The predicted molar refractivity (Wildman–Crippen MR) is 135 cm³/mol. The summed E-state index contributed by atoms with van der Waals surface area (Å²) in [7, 11) is 1.55. The second kappa shape index (κ2) is 11.9. The molecule has 2 aliphatic rings. The van der Waals surface area contributed by atoms with Crippen LogP contribution in [0.4, 0.5) is 13.2 Å². The average Bonchev–Trinajstić information content (AvgIpc) is 2.91. The lowest BCUT2D eigenvalue weighted by molar-refractivity contribution is -0.143. The number of carbonyl (C=O) groups excluding carboxylic acids is 3. The zero-order valence-corrected chi connectivity index (χ0v) is 21.8. The summed E-state index contributed by atoms with van der Waals surface area (Å²) in [6.07, 6.45) is -4.64. The maximum absolute atomic E-state index is 13.5. The molecule has 2 aromatic rings. The van der Waals surface area contributed by atoms with E-state index in [1.165, 1.54) is 6.92 Å². The first-order valence-corrected chi connectivity index (χ1v) is 12.6. The molecule has 1 fully saturated rings. The van der Waals surface area contributed by atoms with Gasteiger partial charge in [-0.25, -0.2) is 0 Å². The molecule has 210 valence electrons. The number of methoxy groups -OCH3 is 1. The van der Waals surface area contributed by atoms with Gasteiger partial charge >= 0.3 is 6.18 Å². The lowest BCUT2D eigenvalue weighted by Gasteiger charge is -2.41. The van der Waals surface area contributed by atoms with Gasteiger partial charge in [-0.15, -0.1) is 0 Å². The average molecular weight is 549 g/mol. The number of piperazine rings is 1. The van der Waals surface area contributed by atoms with Crippen LogP contribution in [0.1, 0.15) is 28.4 Å². The fourth-order valence-corrected chi connectivity index (χ4v) is 4.80. The number of para-hydroxylation sites is 1. The highest BCUT2D eigenvalue weighted by Gasteiger charge is 2.35. The number of nitrogens with zero attached hydrogens (tertiary/aromatic N) is 3. The standard InChI is InChI=1S/C27H31F3N4O5/c1-18(35)33-11-12-34-21(15-33)17-39-24-8-7-20(27(28,29)30)13-22(24)26(37)31-9-10-32(16-25(34)36)14-19-5-3-4-6-23(19)38-2/h3-8,13,21H,9-12,14-17H2,1-2H3,(H,31,37)/t21-/m0/s1. The zero-order valence-electron chi connectivity index (χ0n) is 21.8.